The number of hydrogen-bond acceptors (Lipinski definition) is 3. The predicted molar refractivity (Wildman–Crippen MR) is 184 cm³/mol. The van der Waals surface area contributed by atoms with Crippen molar-refractivity contribution >= 4 is 16.6 Å². The van der Waals surface area contributed by atoms with Gasteiger partial charge in [0.1, 0.15) is 0 Å². The smallest absolute Gasteiger partial charge is 0.482 e. The van der Waals surface area contributed by atoms with E-state index in [0.717, 1.165) is 39.2 Å². The van der Waals surface area contributed by atoms with E-state index < -0.39 is 0 Å². The number of nitrogens with zero attached hydrogens (tertiary/aromatic N) is 4. The normalized spacial score (nSPS) is 12.9. The van der Waals surface area contributed by atoms with Crippen LogP contribution in [0, 0.1) is 6.07 Å². The third-order valence-corrected chi connectivity index (χ3v) is 8.22. The van der Waals surface area contributed by atoms with Gasteiger partial charge in [-0.15, -0.1) is 47.2 Å². The molecule has 0 aliphatic carbocycles. The maximum Gasteiger partial charge on any atom is 2.00 e. The summed E-state index contributed by atoms with van der Waals surface area (Å²) in [6.45, 7) is 24.3. The maximum absolute atomic E-state index is 5.27. The number of fused-ring (bicyclic) bond motifs is 1. The largest absolute Gasteiger partial charge is 2.00 e. The topological polar surface area (TPSA) is 52.2 Å². The molecule has 45 heavy (non-hydrogen) atoms. The molecule has 0 fully saturated rings. The number of aromatic nitrogens is 3. The quantitative estimate of drug-likeness (QED) is 0.171. The number of hydrogen-bond donors (Lipinski definition) is 0. The second kappa shape index (κ2) is 12.8. The minimum atomic E-state index is -0.170. The Morgan fingerprint density at radius 1 is 0.756 bits per heavy atom. The van der Waals surface area contributed by atoms with Crippen LogP contribution >= 0.6 is 0 Å². The molecule has 0 saturated heterocycles. The molecule has 5 rings (SSSR count). The van der Waals surface area contributed by atoms with Crippen LogP contribution in [0.25, 0.3) is 33.4 Å². The Balaban J connectivity index is 0.00000461. The van der Waals surface area contributed by atoms with Gasteiger partial charge in [-0.25, -0.2) is 0 Å². The minimum Gasteiger partial charge on any atom is -0.482 e. The van der Waals surface area contributed by atoms with E-state index in [0.29, 0.717) is 17.2 Å². The molecule has 5 heteroatoms. The summed E-state index contributed by atoms with van der Waals surface area (Å²) in [6, 6.07) is 26.9. The second-order valence-electron chi connectivity index (χ2n) is 15.3. The first kappa shape index (κ1) is 34.5. The van der Waals surface area contributed by atoms with Crippen molar-refractivity contribution in [1.29, 1.82) is 0 Å². The van der Waals surface area contributed by atoms with Gasteiger partial charge in [-0.05, 0) is 56.4 Å². The fraction of sp³-hybridized carbons (Fsp3) is 0.375. The zero-order valence-corrected chi connectivity index (χ0v) is 30.9. The van der Waals surface area contributed by atoms with E-state index in [1.165, 1.54) is 16.5 Å². The summed E-state index contributed by atoms with van der Waals surface area (Å²) in [5, 5.41) is 2.25. The molecule has 0 aliphatic rings. The van der Waals surface area contributed by atoms with Crippen molar-refractivity contribution in [2.24, 2.45) is 4.99 Å². The third-order valence-electron chi connectivity index (χ3n) is 8.22. The van der Waals surface area contributed by atoms with Crippen molar-refractivity contribution in [3.63, 3.8) is 0 Å². The van der Waals surface area contributed by atoms with Gasteiger partial charge in [-0.3, -0.25) is 9.97 Å². The van der Waals surface area contributed by atoms with Crippen LogP contribution in [-0.2, 0) is 37.3 Å². The van der Waals surface area contributed by atoms with Crippen molar-refractivity contribution in [3.8, 4) is 22.6 Å². The van der Waals surface area contributed by atoms with Crippen molar-refractivity contribution in [2.45, 2.75) is 98.3 Å². The first-order chi connectivity index (χ1) is 20.5. The molecule has 236 valence electrons. The Morgan fingerprint density at radius 3 is 2.09 bits per heavy atom. The first-order valence-electron chi connectivity index (χ1n) is 15.7. The van der Waals surface area contributed by atoms with E-state index in [9.17, 15) is 0 Å². The van der Waals surface area contributed by atoms with Crippen molar-refractivity contribution in [3.05, 3.63) is 107 Å². The predicted octanol–water partition coefficient (Wildman–Crippen LogP) is 9.97. The van der Waals surface area contributed by atoms with Crippen molar-refractivity contribution in [1.82, 2.24) is 15.0 Å². The minimum absolute atomic E-state index is 0. The fourth-order valence-electron chi connectivity index (χ4n) is 5.46. The van der Waals surface area contributed by atoms with Crippen LogP contribution in [-0.4, -0.2) is 9.97 Å². The molecular weight excluding hydrogens is 732 g/mol. The van der Waals surface area contributed by atoms with Gasteiger partial charge in [-0.1, -0.05) is 112 Å². The van der Waals surface area contributed by atoms with Crippen molar-refractivity contribution < 1.29 is 21.1 Å². The molecule has 0 bridgehead atoms. The Morgan fingerprint density at radius 2 is 1.44 bits per heavy atom. The molecule has 2 aromatic carbocycles. The molecule has 3 heterocycles. The SMILES string of the molecule is CC(C)c1ccc2c(-c3ccc(C(C)(C)C)c(/N=c4\[n-]c(-c5[c-]ccc(C(C)(C)C)c5)ccc4C(C)(C)C)n3)nccc2c1.[Pt+2]. The standard InChI is InChI=1S/C40H46N4.Pt/c1-25(2)26-15-16-30-27(23-26)21-22-41-35(30)34-20-18-32(40(9,10)11)37(43-34)44-36-31(39(6,7)8)17-19-33(42-36)28-13-12-14-29(24-28)38(3,4)5;/h12,14-25H,1-11H3;/q-2;+2. The average molecular weight is 778 g/mol. The molecule has 0 saturated carbocycles. The summed E-state index contributed by atoms with van der Waals surface area (Å²) in [4.78, 5) is 20.5. The van der Waals surface area contributed by atoms with Crippen LogP contribution in [0.15, 0.2) is 77.9 Å². The Labute approximate surface area is 284 Å². The Hall–Kier alpha value is -3.36. The van der Waals surface area contributed by atoms with Crippen LogP contribution in [0.1, 0.15) is 104 Å². The summed E-state index contributed by atoms with van der Waals surface area (Å²) in [6.07, 6.45) is 1.88. The van der Waals surface area contributed by atoms with E-state index in [1.54, 1.807) is 0 Å². The van der Waals surface area contributed by atoms with Crippen LogP contribution in [0.4, 0.5) is 5.82 Å². The first-order valence-corrected chi connectivity index (χ1v) is 15.7. The van der Waals surface area contributed by atoms with Crippen LogP contribution < -0.4 is 10.5 Å². The molecule has 0 aliphatic heterocycles. The number of rotatable bonds is 4. The van der Waals surface area contributed by atoms with Crippen LogP contribution in [0.3, 0.4) is 0 Å². The van der Waals surface area contributed by atoms with Gasteiger partial charge in [0.25, 0.3) is 0 Å². The third kappa shape index (κ3) is 7.55. The Kier molecular flexibility index (Phi) is 9.81. The molecule has 0 unspecified atom stereocenters. The van der Waals surface area contributed by atoms with E-state index in [1.807, 2.05) is 12.3 Å². The molecule has 0 N–H and O–H groups in total. The molecule has 0 amide bonds. The fourth-order valence-corrected chi connectivity index (χ4v) is 5.46. The zero-order valence-electron chi connectivity index (χ0n) is 28.6. The van der Waals surface area contributed by atoms with E-state index in [2.05, 4.69) is 143 Å². The maximum atomic E-state index is 5.27. The molecule has 0 radical (unpaired) electrons. The van der Waals surface area contributed by atoms with Crippen LogP contribution in [0.2, 0.25) is 0 Å². The van der Waals surface area contributed by atoms with Crippen LogP contribution in [0.5, 0.6) is 0 Å². The van der Waals surface area contributed by atoms with Gasteiger partial charge in [0.05, 0.1) is 17.2 Å². The summed E-state index contributed by atoms with van der Waals surface area (Å²) in [7, 11) is 0. The molecule has 0 spiro atoms. The van der Waals surface area contributed by atoms with Gasteiger partial charge >= 0.3 is 21.1 Å². The van der Waals surface area contributed by atoms with Gasteiger partial charge in [0.2, 0.25) is 0 Å². The molecule has 0 atom stereocenters. The summed E-state index contributed by atoms with van der Waals surface area (Å²) in [5.41, 5.74) is 8.57. The van der Waals surface area contributed by atoms with Gasteiger partial charge in [-0.2, -0.15) is 0 Å². The van der Waals surface area contributed by atoms with Gasteiger partial charge in [0.15, 0.2) is 0 Å². The molecule has 4 nitrogen and oxygen atoms in total. The van der Waals surface area contributed by atoms with E-state index in [4.69, 9.17) is 19.9 Å². The molecule has 3 aromatic heterocycles. The number of benzene rings is 2. The number of pyridine rings is 3. The van der Waals surface area contributed by atoms with E-state index in [-0.39, 0.29) is 37.3 Å². The molecular formula is C40H46N4Pt. The Bertz CT molecular complexity index is 1890. The van der Waals surface area contributed by atoms with Gasteiger partial charge in [0, 0.05) is 11.6 Å². The summed E-state index contributed by atoms with van der Waals surface area (Å²) < 4.78 is 0. The van der Waals surface area contributed by atoms with Crippen molar-refractivity contribution in [2.75, 3.05) is 0 Å². The van der Waals surface area contributed by atoms with Gasteiger partial charge < -0.3 is 9.98 Å². The average Bonchev–Trinajstić information content (AvgIpc) is 2.95. The van der Waals surface area contributed by atoms with E-state index >= 15 is 0 Å². The molecule has 5 aromatic rings. The summed E-state index contributed by atoms with van der Waals surface area (Å²) >= 11 is 0. The second-order valence-corrected chi connectivity index (χ2v) is 15.3. The monoisotopic (exact) mass is 777 g/mol. The zero-order chi connectivity index (χ0) is 32.0. The summed E-state index contributed by atoms with van der Waals surface area (Å²) in [5.74, 6) is 1.13.